The predicted molar refractivity (Wildman–Crippen MR) is 96.9 cm³/mol. The van der Waals surface area contributed by atoms with Gasteiger partial charge in [0.2, 0.25) is 11.8 Å². The summed E-state index contributed by atoms with van der Waals surface area (Å²) in [5.74, 6) is -1.09. The van der Waals surface area contributed by atoms with Gasteiger partial charge in [0.15, 0.2) is 0 Å². The van der Waals surface area contributed by atoms with E-state index in [-0.39, 0.29) is 5.02 Å². The monoisotopic (exact) mass is 383 g/mol. The normalized spacial score (nSPS) is 10.6. The van der Waals surface area contributed by atoms with E-state index in [0.29, 0.717) is 15.7 Å². The van der Waals surface area contributed by atoms with Crippen molar-refractivity contribution in [2.75, 3.05) is 5.32 Å². The molecule has 2 N–H and O–H groups in total. The van der Waals surface area contributed by atoms with Gasteiger partial charge in [-0.15, -0.1) is 0 Å². The number of hydrogen-bond donors (Lipinski definition) is 2. The molecule has 24 heavy (non-hydrogen) atoms. The van der Waals surface area contributed by atoms with E-state index in [0.717, 1.165) is 5.56 Å². The molecular formula is C16H12Cl3N3O2. The molecule has 0 radical (unpaired) electrons. The van der Waals surface area contributed by atoms with E-state index in [1.165, 1.54) is 6.21 Å². The van der Waals surface area contributed by atoms with Crippen LogP contribution in [0, 0.1) is 0 Å². The summed E-state index contributed by atoms with van der Waals surface area (Å²) in [6, 6.07) is 11.7. The Morgan fingerprint density at radius 2 is 1.71 bits per heavy atom. The van der Waals surface area contributed by atoms with Crippen LogP contribution in [-0.2, 0) is 9.59 Å². The molecule has 0 saturated heterocycles. The molecule has 0 heterocycles. The van der Waals surface area contributed by atoms with Gasteiger partial charge in [0.25, 0.3) is 0 Å². The minimum Gasteiger partial charge on any atom is -0.324 e. The second-order valence-electron chi connectivity index (χ2n) is 4.67. The molecule has 124 valence electrons. The first kappa shape index (κ1) is 18.3. The molecule has 8 heteroatoms. The van der Waals surface area contributed by atoms with Crippen molar-refractivity contribution in [3.63, 3.8) is 0 Å². The van der Waals surface area contributed by atoms with Crippen LogP contribution in [0.15, 0.2) is 47.6 Å². The summed E-state index contributed by atoms with van der Waals surface area (Å²) < 4.78 is 0. The van der Waals surface area contributed by atoms with Gasteiger partial charge in [0.05, 0.1) is 21.9 Å². The fraction of sp³-hybridized carbons (Fsp3) is 0.0625. The van der Waals surface area contributed by atoms with Crippen molar-refractivity contribution in [1.29, 1.82) is 0 Å². The zero-order chi connectivity index (χ0) is 17.5. The van der Waals surface area contributed by atoms with Crippen molar-refractivity contribution in [1.82, 2.24) is 5.43 Å². The summed E-state index contributed by atoms with van der Waals surface area (Å²) in [5, 5.41) is 7.41. The molecule has 0 unspecified atom stereocenters. The molecule has 2 amide bonds. The Morgan fingerprint density at radius 3 is 2.42 bits per heavy atom. The number of halogens is 3. The molecule has 5 nitrogen and oxygen atoms in total. The van der Waals surface area contributed by atoms with Crippen LogP contribution in [0.25, 0.3) is 0 Å². The molecule has 0 aliphatic rings. The highest BCUT2D eigenvalue weighted by Gasteiger charge is 2.11. The average Bonchev–Trinajstić information content (AvgIpc) is 2.53. The molecule has 0 spiro atoms. The number of carbonyl (C=O) groups is 2. The van der Waals surface area contributed by atoms with Gasteiger partial charge >= 0.3 is 0 Å². The van der Waals surface area contributed by atoms with E-state index >= 15 is 0 Å². The first-order valence-corrected chi connectivity index (χ1v) is 7.90. The zero-order valence-electron chi connectivity index (χ0n) is 12.2. The second kappa shape index (κ2) is 8.68. The van der Waals surface area contributed by atoms with Gasteiger partial charge in [-0.25, -0.2) is 5.43 Å². The highest BCUT2D eigenvalue weighted by atomic mass is 35.5. The summed E-state index contributed by atoms with van der Waals surface area (Å²) in [4.78, 5) is 23.5. The Hall–Kier alpha value is -2.08. The fourth-order valence-electron chi connectivity index (χ4n) is 1.71. The molecule has 0 aromatic heterocycles. The van der Waals surface area contributed by atoms with Crippen molar-refractivity contribution < 1.29 is 9.59 Å². The first-order valence-electron chi connectivity index (χ1n) is 6.77. The summed E-state index contributed by atoms with van der Waals surface area (Å²) in [7, 11) is 0. The first-order chi connectivity index (χ1) is 11.5. The van der Waals surface area contributed by atoms with E-state index in [2.05, 4.69) is 15.8 Å². The summed E-state index contributed by atoms with van der Waals surface area (Å²) >= 11 is 17.6. The number of benzene rings is 2. The van der Waals surface area contributed by atoms with Crippen LogP contribution in [0.4, 0.5) is 5.69 Å². The fourth-order valence-corrected chi connectivity index (χ4v) is 2.18. The quantitative estimate of drug-likeness (QED) is 0.462. The molecule has 2 aromatic rings. The molecule has 2 aromatic carbocycles. The lowest BCUT2D eigenvalue weighted by Gasteiger charge is -2.07. The largest absolute Gasteiger partial charge is 0.324 e. The number of nitrogens with one attached hydrogen (secondary N) is 2. The Bertz CT molecular complexity index is 777. The third-order valence-corrected chi connectivity index (χ3v) is 3.89. The maximum atomic E-state index is 11.8. The third-order valence-electron chi connectivity index (χ3n) is 2.82. The minimum absolute atomic E-state index is 0.216. The molecule has 0 bridgehead atoms. The van der Waals surface area contributed by atoms with Crippen LogP contribution < -0.4 is 10.7 Å². The molecule has 0 saturated carbocycles. The van der Waals surface area contributed by atoms with Crippen molar-refractivity contribution in [2.45, 2.75) is 6.42 Å². The van der Waals surface area contributed by atoms with E-state index in [4.69, 9.17) is 34.8 Å². The smallest absolute Gasteiger partial charge is 0.249 e. The van der Waals surface area contributed by atoms with Crippen LogP contribution in [0.1, 0.15) is 12.0 Å². The van der Waals surface area contributed by atoms with Gasteiger partial charge in [-0.1, -0.05) is 53.0 Å². The number of amides is 2. The molecule has 0 atom stereocenters. The molecule has 0 aliphatic heterocycles. The van der Waals surface area contributed by atoms with Crippen molar-refractivity contribution in [3.05, 3.63) is 63.1 Å². The molecule has 2 rings (SSSR count). The maximum Gasteiger partial charge on any atom is 0.249 e. The lowest BCUT2D eigenvalue weighted by molar-refractivity contribution is -0.126. The highest BCUT2D eigenvalue weighted by Crippen LogP contribution is 2.29. The Labute approximate surface area is 153 Å². The summed E-state index contributed by atoms with van der Waals surface area (Å²) in [6.45, 7) is 0. The number of hydrazone groups is 1. The number of hydrogen-bond acceptors (Lipinski definition) is 3. The highest BCUT2D eigenvalue weighted by molar-refractivity contribution is 6.44. The van der Waals surface area contributed by atoms with Gasteiger partial charge in [0, 0.05) is 5.02 Å². The van der Waals surface area contributed by atoms with Crippen LogP contribution in [0.3, 0.4) is 0 Å². The molecular weight excluding hydrogens is 373 g/mol. The van der Waals surface area contributed by atoms with Crippen molar-refractivity contribution in [2.24, 2.45) is 5.10 Å². The van der Waals surface area contributed by atoms with Crippen LogP contribution in [0.5, 0.6) is 0 Å². The minimum atomic E-state index is -0.559. The summed E-state index contributed by atoms with van der Waals surface area (Å²) in [6.07, 6.45) is 1.04. The lowest BCUT2D eigenvalue weighted by Crippen LogP contribution is -2.24. The number of rotatable bonds is 5. The third kappa shape index (κ3) is 5.53. The maximum absolute atomic E-state index is 11.8. The van der Waals surface area contributed by atoms with E-state index in [1.807, 2.05) is 0 Å². The number of anilines is 1. The Balaban J connectivity index is 1.84. The van der Waals surface area contributed by atoms with Gasteiger partial charge in [-0.2, -0.15) is 5.10 Å². The second-order valence-corrected chi connectivity index (χ2v) is 5.89. The zero-order valence-corrected chi connectivity index (χ0v) is 14.5. The van der Waals surface area contributed by atoms with Gasteiger partial charge in [0.1, 0.15) is 6.42 Å². The Morgan fingerprint density at radius 1 is 1.00 bits per heavy atom. The van der Waals surface area contributed by atoms with Gasteiger partial charge in [-0.3, -0.25) is 9.59 Å². The molecule has 0 fully saturated rings. The van der Waals surface area contributed by atoms with Gasteiger partial charge < -0.3 is 5.32 Å². The van der Waals surface area contributed by atoms with E-state index in [1.54, 1.807) is 42.5 Å². The van der Waals surface area contributed by atoms with Gasteiger partial charge in [-0.05, 0) is 29.8 Å². The number of carbonyl (C=O) groups excluding carboxylic acids is 2. The molecule has 0 aliphatic carbocycles. The summed E-state index contributed by atoms with van der Waals surface area (Å²) in [5.41, 5.74) is 3.36. The van der Waals surface area contributed by atoms with Crippen LogP contribution in [-0.4, -0.2) is 18.0 Å². The Kier molecular flexibility index (Phi) is 6.61. The standard InChI is InChI=1S/C16H12Cl3N3O2/c17-11-6-4-10(5-7-11)9-20-22-15(24)8-14(23)21-13-3-1-2-12(18)16(13)19/h1-7,9H,8H2,(H,21,23)(H,22,24). The van der Waals surface area contributed by atoms with E-state index < -0.39 is 18.2 Å². The van der Waals surface area contributed by atoms with Crippen LogP contribution >= 0.6 is 34.8 Å². The SMILES string of the molecule is O=C(CC(=O)Nc1cccc(Cl)c1Cl)NN=Cc1ccc(Cl)cc1. The predicted octanol–water partition coefficient (Wildman–Crippen LogP) is 4.13. The average molecular weight is 385 g/mol. The lowest BCUT2D eigenvalue weighted by atomic mass is 10.2. The number of nitrogens with zero attached hydrogens (tertiary/aromatic N) is 1. The topological polar surface area (TPSA) is 70.6 Å². The van der Waals surface area contributed by atoms with Crippen LogP contribution in [0.2, 0.25) is 15.1 Å². The van der Waals surface area contributed by atoms with E-state index in [9.17, 15) is 9.59 Å². The van der Waals surface area contributed by atoms with Crippen molar-refractivity contribution >= 4 is 58.5 Å². The van der Waals surface area contributed by atoms with Crippen molar-refractivity contribution in [3.8, 4) is 0 Å².